The third-order valence-electron chi connectivity index (χ3n) is 4.64. The van der Waals surface area contributed by atoms with E-state index in [1.165, 1.54) is 18.2 Å². The Hall–Kier alpha value is -3.58. The smallest absolute Gasteiger partial charge is 0.274 e. The summed E-state index contributed by atoms with van der Waals surface area (Å²) in [5.41, 5.74) is 3.88. The number of para-hydroxylation sites is 1. The van der Waals surface area contributed by atoms with E-state index in [-0.39, 0.29) is 17.3 Å². The summed E-state index contributed by atoms with van der Waals surface area (Å²) < 4.78 is 14.9. The van der Waals surface area contributed by atoms with Crippen molar-refractivity contribution >= 4 is 17.5 Å². The van der Waals surface area contributed by atoms with Crippen LogP contribution in [0.1, 0.15) is 21.6 Å². The van der Waals surface area contributed by atoms with Crippen molar-refractivity contribution in [3.63, 3.8) is 0 Å². The molecule has 150 valence electrons. The van der Waals surface area contributed by atoms with E-state index in [1.54, 1.807) is 29.2 Å². The summed E-state index contributed by atoms with van der Waals surface area (Å²) >= 11 is 6.06. The number of carbonyl (C=O) groups is 1. The number of aryl methyl sites for hydroxylation is 1. The van der Waals surface area contributed by atoms with Crippen LogP contribution in [0.4, 0.5) is 4.39 Å². The second-order valence-electron chi connectivity index (χ2n) is 6.64. The summed E-state index contributed by atoms with van der Waals surface area (Å²) in [7, 11) is 0. The first-order valence-corrected chi connectivity index (χ1v) is 9.56. The third-order valence-corrected chi connectivity index (χ3v) is 4.99. The number of halogens is 2. The summed E-state index contributed by atoms with van der Waals surface area (Å²) in [6, 6.07) is 15.3. The summed E-state index contributed by atoms with van der Waals surface area (Å²) in [5.74, 6) is -0.849. The van der Waals surface area contributed by atoms with E-state index in [0.29, 0.717) is 11.3 Å². The second-order valence-corrected chi connectivity index (χ2v) is 7.05. The molecule has 6 nitrogen and oxygen atoms in total. The molecule has 0 unspecified atom stereocenters. The van der Waals surface area contributed by atoms with Crippen LogP contribution in [0.3, 0.4) is 0 Å². The molecular formula is C22H17ClFN5O. The second kappa shape index (κ2) is 8.42. The lowest BCUT2D eigenvalue weighted by molar-refractivity contribution is 0.0946. The minimum Gasteiger partial charge on any atom is -0.346 e. The summed E-state index contributed by atoms with van der Waals surface area (Å²) in [6.07, 6.45) is 3.29. The zero-order valence-corrected chi connectivity index (χ0v) is 16.8. The molecule has 0 atom stereocenters. The van der Waals surface area contributed by atoms with Crippen molar-refractivity contribution in [2.45, 2.75) is 13.5 Å². The molecule has 1 N–H and O–H groups in total. The van der Waals surface area contributed by atoms with Crippen molar-refractivity contribution in [2.24, 2.45) is 0 Å². The Labute approximate surface area is 177 Å². The Balaban J connectivity index is 1.71. The van der Waals surface area contributed by atoms with E-state index in [2.05, 4.69) is 20.6 Å². The third kappa shape index (κ3) is 3.92. The predicted octanol–water partition coefficient (Wildman–Crippen LogP) is 4.36. The topological polar surface area (TPSA) is 72.7 Å². The number of amides is 1. The molecular weight excluding hydrogens is 405 g/mol. The number of carbonyl (C=O) groups excluding carboxylic acids is 1. The molecule has 30 heavy (non-hydrogen) atoms. The van der Waals surface area contributed by atoms with Gasteiger partial charge in [-0.3, -0.25) is 9.78 Å². The molecule has 4 aromatic rings. The fraction of sp³-hybridized carbons (Fsp3) is 0.0909. The first-order valence-electron chi connectivity index (χ1n) is 9.19. The molecule has 4 rings (SSSR count). The number of hydrogen-bond donors (Lipinski definition) is 1. The van der Waals surface area contributed by atoms with Crippen molar-refractivity contribution in [2.75, 3.05) is 0 Å². The average molecular weight is 422 g/mol. The zero-order chi connectivity index (χ0) is 21.1. The van der Waals surface area contributed by atoms with Gasteiger partial charge in [0.1, 0.15) is 11.5 Å². The van der Waals surface area contributed by atoms with E-state index in [9.17, 15) is 9.18 Å². The lowest BCUT2D eigenvalue weighted by Gasteiger charge is -2.11. The number of hydrogen-bond acceptors (Lipinski definition) is 4. The van der Waals surface area contributed by atoms with Gasteiger partial charge in [-0.15, -0.1) is 5.10 Å². The maximum Gasteiger partial charge on any atom is 0.274 e. The van der Waals surface area contributed by atoms with Gasteiger partial charge in [-0.25, -0.2) is 9.07 Å². The van der Waals surface area contributed by atoms with Crippen molar-refractivity contribution < 1.29 is 9.18 Å². The molecule has 0 aliphatic carbocycles. The van der Waals surface area contributed by atoms with Gasteiger partial charge in [0.25, 0.3) is 5.91 Å². The number of nitrogens with zero attached hydrogens (tertiary/aromatic N) is 4. The van der Waals surface area contributed by atoms with Crippen LogP contribution < -0.4 is 5.32 Å². The van der Waals surface area contributed by atoms with E-state index >= 15 is 0 Å². The number of benzene rings is 2. The largest absolute Gasteiger partial charge is 0.346 e. The first kappa shape index (κ1) is 19.7. The van der Waals surface area contributed by atoms with Crippen LogP contribution in [0.15, 0.2) is 67.0 Å². The normalized spacial score (nSPS) is 10.8. The minimum absolute atomic E-state index is 0.130. The Morgan fingerprint density at radius 1 is 1.13 bits per heavy atom. The lowest BCUT2D eigenvalue weighted by atomic mass is 10.1. The summed E-state index contributed by atoms with van der Waals surface area (Å²) in [5, 5.41) is 11.4. The maximum absolute atomic E-state index is 13.3. The van der Waals surface area contributed by atoms with Gasteiger partial charge in [-0.05, 0) is 48.4 Å². The monoisotopic (exact) mass is 421 g/mol. The van der Waals surface area contributed by atoms with Gasteiger partial charge >= 0.3 is 0 Å². The van der Waals surface area contributed by atoms with Crippen molar-refractivity contribution in [3.8, 4) is 16.9 Å². The van der Waals surface area contributed by atoms with Gasteiger partial charge in [0.05, 0.1) is 5.69 Å². The van der Waals surface area contributed by atoms with Gasteiger partial charge in [0, 0.05) is 29.5 Å². The van der Waals surface area contributed by atoms with E-state index < -0.39 is 11.7 Å². The van der Waals surface area contributed by atoms with E-state index in [0.717, 1.165) is 16.8 Å². The number of pyridine rings is 1. The molecule has 0 saturated carbocycles. The summed E-state index contributed by atoms with van der Waals surface area (Å²) in [4.78, 5) is 17.0. The Kier molecular flexibility index (Phi) is 5.54. The predicted molar refractivity (Wildman–Crippen MR) is 112 cm³/mol. The van der Waals surface area contributed by atoms with Crippen molar-refractivity contribution in [1.82, 2.24) is 25.3 Å². The van der Waals surface area contributed by atoms with Gasteiger partial charge in [0.15, 0.2) is 5.69 Å². The molecule has 2 aromatic heterocycles. The molecule has 2 heterocycles. The molecule has 1 amide bonds. The molecule has 0 aliphatic heterocycles. The van der Waals surface area contributed by atoms with Gasteiger partial charge in [0.2, 0.25) is 0 Å². The van der Waals surface area contributed by atoms with E-state index in [4.69, 9.17) is 11.6 Å². The highest BCUT2D eigenvalue weighted by Crippen LogP contribution is 2.26. The highest BCUT2D eigenvalue weighted by Gasteiger charge is 2.22. The lowest BCUT2D eigenvalue weighted by Crippen LogP contribution is -2.24. The van der Waals surface area contributed by atoms with Crippen LogP contribution >= 0.6 is 11.6 Å². The van der Waals surface area contributed by atoms with Crippen LogP contribution in [0.5, 0.6) is 0 Å². The molecule has 0 spiro atoms. The van der Waals surface area contributed by atoms with Crippen LogP contribution in [0.25, 0.3) is 16.9 Å². The quantitative estimate of drug-likeness (QED) is 0.519. The van der Waals surface area contributed by atoms with Crippen LogP contribution in [0.2, 0.25) is 5.02 Å². The van der Waals surface area contributed by atoms with Crippen molar-refractivity contribution in [1.29, 1.82) is 0 Å². The molecule has 0 fully saturated rings. The average Bonchev–Trinajstić information content (AvgIpc) is 3.19. The standard InChI is InChI=1S/C22H17ClFN5O/c1-14-4-2-3-5-19(14)29-21(15-8-10-25-11-9-15)20(27-28-29)22(30)26-13-16-6-7-17(24)12-18(16)23/h2-12H,13H2,1H3,(H,26,30). The SMILES string of the molecule is Cc1ccccc1-n1nnc(C(=O)NCc2ccc(F)cc2Cl)c1-c1ccncc1. The Morgan fingerprint density at radius 3 is 2.63 bits per heavy atom. The minimum atomic E-state index is -0.434. The molecule has 0 radical (unpaired) electrons. The van der Waals surface area contributed by atoms with Gasteiger partial charge < -0.3 is 5.32 Å². The Bertz CT molecular complexity index is 1210. The summed E-state index contributed by atoms with van der Waals surface area (Å²) in [6.45, 7) is 2.09. The van der Waals surface area contributed by atoms with Gasteiger partial charge in [-0.1, -0.05) is 41.1 Å². The van der Waals surface area contributed by atoms with Crippen LogP contribution in [-0.4, -0.2) is 25.9 Å². The fourth-order valence-corrected chi connectivity index (χ4v) is 3.33. The Morgan fingerprint density at radius 2 is 1.90 bits per heavy atom. The van der Waals surface area contributed by atoms with Crippen LogP contribution in [0, 0.1) is 12.7 Å². The number of rotatable bonds is 5. The zero-order valence-electron chi connectivity index (χ0n) is 16.0. The molecule has 2 aromatic carbocycles. The first-order chi connectivity index (χ1) is 14.5. The molecule has 8 heteroatoms. The van der Waals surface area contributed by atoms with Gasteiger partial charge in [-0.2, -0.15) is 0 Å². The maximum atomic E-state index is 13.3. The van der Waals surface area contributed by atoms with Crippen molar-refractivity contribution in [3.05, 3.63) is 94.7 Å². The number of nitrogens with one attached hydrogen (secondary N) is 1. The number of aromatic nitrogens is 4. The van der Waals surface area contributed by atoms with E-state index in [1.807, 2.05) is 31.2 Å². The highest BCUT2D eigenvalue weighted by molar-refractivity contribution is 6.31. The molecule has 0 aliphatic rings. The molecule has 0 bridgehead atoms. The molecule has 0 saturated heterocycles. The highest BCUT2D eigenvalue weighted by atomic mass is 35.5. The van der Waals surface area contributed by atoms with Crippen LogP contribution in [-0.2, 0) is 6.54 Å². The fourth-order valence-electron chi connectivity index (χ4n) is 3.10.